The molecule has 1 N–H and O–H groups in total. The van der Waals surface area contributed by atoms with Crippen molar-refractivity contribution in [3.63, 3.8) is 0 Å². The minimum atomic E-state index is -0.564. The van der Waals surface area contributed by atoms with Gasteiger partial charge >= 0.3 is 0 Å². The van der Waals surface area contributed by atoms with Gasteiger partial charge in [0.2, 0.25) is 0 Å². The maximum Gasteiger partial charge on any atom is 0.145 e. The standard InChI is InChI=1S/C17H21NO2/c1-12(19)15-10-9-13(11-18-15)20-16-8-6-5-7-14(16)17(2,3)4/h5-12,19H,1-4H3/t12-/m1/s1. The number of aromatic nitrogens is 1. The van der Waals surface area contributed by atoms with Crippen LogP contribution in [0.15, 0.2) is 42.6 Å². The van der Waals surface area contributed by atoms with Crippen LogP contribution in [0.3, 0.4) is 0 Å². The highest BCUT2D eigenvalue weighted by molar-refractivity contribution is 5.41. The van der Waals surface area contributed by atoms with Gasteiger partial charge in [-0.25, -0.2) is 0 Å². The third kappa shape index (κ3) is 3.36. The van der Waals surface area contributed by atoms with E-state index in [0.29, 0.717) is 11.4 Å². The largest absolute Gasteiger partial charge is 0.455 e. The van der Waals surface area contributed by atoms with E-state index < -0.39 is 6.10 Å². The van der Waals surface area contributed by atoms with Crippen molar-refractivity contribution in [2.24, 2.45) is 0 Å². The molecule has 1 atom stereocenters. The van der Waals surface area contributed by atoms with Crippen LogP contribution >= 0.6 is 0 Å². The first-order chi connectivity index (χ1) is 9.38. The topological polar surface area (TPSA) is 42.4 Å². The molecule has 0 amide bonds. The zero-order valence-corrected chi connectivity index (χ0v) is 12.4. The van der Waals surface area contributed by atoms with Crippen molar-refractivity contribution in [2.75, 3.05) is 0 Å². The minimum absolute atomic E-state index is 0.0174. The van der Waals surface area contributed by atoms with E-state index in [9.17, 15) is 5.11 Å². The molecular weight excluding hydrogens is 250 g/mol. The molecule has 0 bridgehead atoms. The number of benzene rings is 1. The van der Waals surface area contributed by atoms with Crippen molar-refractivity contribution < 1.29 is 9.84 Å². The van der Waals surface area contributed by atoms with Gasteiger partial charge < -0.3 is 9.84 Å². The zero-order chi connectivity index (χ0) is 14.8. The zero-order valence-electron chi connectivity index (χ0n) is 12.4. The van der Waals surface area contributed by atoms with Crippen molar-refractivity contribution in [1.29, 1.82) is 0 Å². The molecule has 20 heavy (non-hydrogen) atoms. The van der Waals surface area contributed by atoms with Gasteiger partial charge in [0, 0.05) is 5.56 Å². The number of hydrogen-bond donors (Lipinski definition) is 1. The van der Waals surface area contributed by atoms with Crippen LogP contribution in [0.2, 0.25) is 0 Å². The molecule has 0 saturated heterocycles. The van der Waals surface area contributed by atoms with Crippen LogP contribution in [0.1, 0.15) is 45.1 Å². The van der Waals surface area contributed by atoms with Crippen LogP contribution in [0.5, 0.6) is 11.5 Å². The molecular formula is C17H21NO2. The van der Waals surface area contributed by atoms with Crippen LogP contribution in [0.4, 0.5) is 0 Å². The van der Waals surface area contributed by atoms with E-state index in [2.05, 4.69) is 31.8 Å². The van der Waals surface area contributed by atoms with Gasteiger partial charge in [-0.1, -0.05) is 39.0 Å². The summed E-state index contributed by atoms with van der Waals surface area (Å²) < 4.78 is 5.93. The van der Waals surface area contributed by atoms with E-state index in [-0.39, 0.29) is 5.41 Å². The second-order valence-electron chi connectivity index (χ2n) is 5.94. The summed E-state index contributed by atoms with van der Waals surface area (Å²) in [5, 5.41) is 9.45. The molecule has 2 aromatic rings. The molecule has 0 aliphatic carbocycles. The summed E-state index contributed by atoms with van der Waals surface area (Å²) in [6, 6.07) is 11.6. The van der Waals surface area contributed by atoms with Crippen LogP contribution in [-0.2, 0) is 5.41 Å². The fraction of sp³-hybridized carbons (Fsp3) is 0.353. The molecule has 0 aliphatic heterocycles. The number of aliphatic hydroxyl groups excluding tert-OH is 1. The van der Waals surface area contributed by atoms with Crippen molar-refractivity contribution >= 4 is 0 Å². The predicted molar refractivity (Wildman–Crippen MR) is 80.1 cm³/mol. The molecule has 0 aliphatic rings. The molecule has 1 aromatic carbocycles. The van der Waals surface area contributed by atoms with Crippen molar-refractivity contribution in [2.45, 2.75) is 39.2 Å². The molecule has 3 heteroatoms. The number of aliphatic hydroxyl groups is 1. The van der Waals surface area contributed by atoms with Crippen molar-refractivity contribution in [3.8, 4) is 11.5 Å². The number of ether oxygens (including phenoxy) is 1. The number of rotatable bonds is 3. The Morgan fingerprint density at radius 3 is 2.35 bits per heavy atom. The Bertz CT molecular complexity index is 568. The molecule has 2 rings (SSSR count). The van der Waals surface area contributed by atoms with E-state index in [4.69, 9.17) is 4.74 Å². The molecule has 0 radical (unpaired) electrons. The summed E-state index contributed by atoms with van der Waals surface area (Å²) >= 11 is 0. The third-order valence-corrected chi connectivity index (χ3v) is 3.11. The van der Waals surface area contributed by atoms with Gasteiger partial charge in [-0.3, -0.25) is 4.98 Å². The molecule has 0 saturated carbocycles. The van der Waals surface area contributed by atoms with Gasteiger partial charge in [0.25, 0.3) is 0 Å². The first-order valence-electron chi connectivity index (χ1n) is 6.79. The van der Waals surface area contributed by atoms with Crippen molar-refractivity contribution in [1.82, 2.24) is 4.98 Å². The van der Waals surface area contributed by atoms with E-state index in [1.54, 1.807) is 19.2 Å². The second kappa shape index (κ2) is 5.63. The maximum atomic E-state index is 9.45. The Morgan fingerprint density at radius 2 is 1.80 bits per heavy atom. The van der Waals surface area contributed by atoms with Crippen LogP contribution < -0.4 is 4.74 Å². The molecule has 0 fully saturated rings. The van der Waals surface area contributed by atoms with Crippen LogP contribution in [-0.4, -0.2) is 10.1 Å². The second-order valence-corrected chi connectivity index (χ2v) is 5.94. The summed E-state index contributed by atoms with van der Waals surface area (Å²) in [5.41, 5.74) is 1.81. The maximum absolute atomic E-state index is 9.45. The lowest BCUT2D eigenvalue weighted by Gasteiger charge is -2.22. The van der Waals surface area contributed by atoms with E-state index in [1.807, 2.05) is 24.3 Å². The lowest BCUT2D eigenvalue weighted by molar-refractivity contribution is 0.194. The van der Waals surface area contributed by atoms with Gasteiger partial charge in [-0.2, -0.15) is 0 Å². The number of nitrogens with zero attached hydrogens (tertiary/aromatic N) is 1. The highest BCUT2D eigenvalue weighted by Crippen LogP contribution is 2.33. The average molecular weight is 271 g/mol. The summed E-state index contributed by atoms with van der Waals surface area (Å²) in [6.07, 6.45) is 1.08. The van der Waals surface area contributed by atoms with E-state index >= 15 is 0 Å². The smallest absolute Gasteiger partial charge is 0.145 e. The van der Waals surface area contributed by atoms with Gasteiger partial charge in [-0.05, 0) is 30.5 Å². The summed E-state index contributed by atoms with van der Waals surface area (Å²) in [4.78, 5) is 4.19. The molecule has 106 valence electrons. The Labute approximate surface area is 120 Å². The first-order valence-corrected chi connectivity index (χ1v) is 6.79. The molecule has 1 aromatic heterocycles. The normalized spacial score (nSPS) is 13.1. The van der Waals surface area contributed by atoms with Gasteiger partial charge in [0.1, 0.15) is 11.5 Å². The Kier molecular flexibility index (Phi) is 4.09. The van der Waals surface area contributed by atoms with Crippen LogP contribution in [0.25, 0.3) is 0 Å². The van der Waals surface area contributed by atoms with Gasteiger partial charge in [0.05, 0.1) is 18.0 Å². The SMILES string of the molecule is C[C@@H](O)c1ccc(Oc2ccccc2C(C)(C)C)cn1. The predicted octanol–water partition coefficient (Wildman–Crippen LogP) is 4.22. The number of pyridine rings is 1. The van der Waals surface area contributed by atoms with Gasteiger partial charge in [-0.15, -0.1) is 0 Å². The van der Waals surface area contributed by atoms with E-state index in [1.165, 1.54) is 0 Å². The lowest BCUT2D eigenvalue weighted by Crippen LogP contribution is -2.12. The average Bonchev–Trinajstić information content (AvgIpc) is 2.38. The molecule has 3 nitrogen and oxygen atoms in total. The molecule has 1 heterocycles. The molecule has 0 spiro atoms. The highest BCUT2D eigenvalue weighted by Gasteiger charge is 2.18. The molecule has 0 unspecified atom stereocenters. The summed E-state index contributed by atoms with van der Waals surface area (Å²) in [5.74, 6) is 1.51. The number of hydrogen-bond acceptors (Lipinski definition) is 3. The Hall–Kier alpha value is -1.87. The fourth-order valence-electron chi connectivity index (χ4n) is 2.00. The first kappa shape index (κ1) is 14.5. The van der Waals surface area contributed by atoms with E-state index in [0.717, 1.165) is 11.3 Å². The Morgan fingerprint density at radius 1 is 1.10 bits per heavy atom. The van der Waals surface area contributed by atoms with Crippen molar-refractivity contribution in [3.05, 3.63) is 53.9 Å². The Balaban J connectivity index is 2.26. The number of para-hydroxylation sites is 1. The van der Waals surface area contributed by atoms with Crippen LogP contribution in [0, 0.1) is 0 Å². The lowest BCUT2D eigenvalue weighted by atomic mass is 9.86. The summed E-state index contributed by atoms with van der Waals surface area (Å²) in [6.45, 7) is 8.16. The minimum Gasteiger partial charge on any atom is -0.455 e. The highest BCUT2D eigenvalue weighted by atomic mass is 16.5. The third-order valence-electron chi connectivity index (χ3n) is 3.11. The quantitative estimate of drug-likeness (QED) is 0.908. The summed E-state index contributed by atoms with van der Waals surface area (Å²) in [7, 11) is 0. The monoisotopic (exact) mass is 271 g/mol. The fourth-order valence-corrected chi connectivity index (χ4v) is 2.00. The van der Waals surface area contributed by atoms with Gasteiger partial charge in [0.15, 0.2) is 0 Å².